The van der Waals surface area contributed by atoms with Crippen LogP contribution in [0.15, 0.2) is 84.0 Å². The highest BCUT2D eigenvalue weighted by atomic mass is 16.3. The van der Waals surface area contributed by atoms with Gasteiger partial charge in [0.2, 0.25) is 0 Å². The smallest absolute Gasteiger partial charge is 0.166 e. The summed E-state index contributed by atoms with van der Waals surface area (Å²) >= 11 is 0. The largest absolute Gasteiger partial charge is 0.504 e. The summed E-state index contributed by atoms with van der Waals surface area (Å²) in [6, 6.07) is 25.0. The molecule has 2 N–H and O–H groups in total. The fraction of sp³-hybridized carbons (Fsp3) is 0.0952. The molecule has 0 aromatic heterocycles. The van der Waals surface area contributed by atoms with Crippen molar-refractivity contribution in [3.8, 4) is 11.5 Å². The lowest BCUT2D eigenvalue weighted by Crippen LogP contribution is -2.17. The normalized spacial score (nSPS) is 10.9. The van der Waals surface area contributed by atoms with Crippen LogP contribution >= 0.6 is 0 Å². The topological polar surface area (TPSA) is 56.1 Å². The maximum Gasteiger partial charge on any atom is 0.166 e. The summed E-state index contributed by atoms with van der Waals surface area (Å²) < 4.78 is 0. The Balaban J connectivity index is 1.82. The van der Waals surface area contributed by atoms with Gasteiger partial charge >= 0.3 is 0 Å². The van der Waals surface area contributed by atoms with Gasteiger partial charge in [-0.2, -0.15) is 5.10 Å². The van der Waals surface area contributed by atoms with Crippen molar-refractivity contribution in [2.24, 2.45) is 5.10 Å². The Kier molecular flexibility index (Phi) is 5.32. The van der Waals surface area contributed by atoms with Crippen LogP contribution in [0.4, 0.5) is 0 Å². The van der Waals surface area contributed by atoms with Crippen LogP contribution in [0.25, 0.3) is 0 Å². The summed E-state index contributed by atoms with van der Waals surface area (Å²) in [7, 11) is 0. The Hall–Kier alpha value is -3.27. The van der Waals surface area contributed by atoms with Gasteiger partial charge in [-0.05, 0) is 23.3 Å². The van der Waals surface area contributed by atoms with Crippen LogP contribution in [0.3, 0.4) is 0 Å². The first kappa shape index (κ1) is 16.6. The third kappa shape index (κ3) is 4.61. The molecule has 0 aliphatic rings. The average molecular weight is 332 g/mol. The SMILES string of the molecule is Oc1cccc(/C=N/N(Cc2ccccc2)Cc2ccccc2)c1O. The summed E-state index contributed by atoms with van der Waals surface area (Å²) in [6.45, 7) is 1.29. The molecule has 0 aliphatic heterocycles. The van der Waals surface area contributed by atoms with Gasteiger partial charge in [-0.1, -0.05) is 66.7 Å². The summed E-state index contributed by atoms with van der Waals surface area (Å²) in [5.74, 6) is -0.313. The fourth-order valence-electron chi connectivity index (χ4n) is 2.52. The van der Waals surface area contributed by atoms with E-state index < -0.39 is 0 Å². The predicted molar refractivity (Wildman–Crippen MR) is 99.5 cm³/mol. The molecule has 0 unspecified atom stereocenters. The number of hydrazone groups is 1. The summed E-state index contributed by atoms with van der Waals surface area (Å²) in [5, 5.41) is 26.0. The lowest BCUT2D eigenvalue weighted by Gasteiger charge is -2.19. The molecular formula is C21H20N2O2. The molecule has 0 amide bonds. The monoisotopic (exact) mass is 332 g/mol. The van der Waals surface area contributed by atoms with Crippen LogP contribution in [0.5, 0.6) is 11.5 Å². The fourth-order valence-corrected chi connectivity index (χ4v) is 2.52. The first-order valence-corrected chi connectivity index (χ1v) is 8.10. The van der Waals surface area contributed by atoms with Crippen molar-refractivity contribution in [1.29, 1.82) is 0 Å². The van der Waals surface area contributed by atoms with E-state index in [2.05, 4.69) is 29.4 Å². The molecule has 0 fully saturated rings. The molecule has 0 spiro atoms. The van der Waals surface area contributed by atoms with Gasteiger partial charge in [0, 0.05) is 5.56 Å². The molecule has 0 bridgehead atoms. The van der Waals surface area contributed by atoms with E-state index in [1.54, 1.807) is 18.3 Å². The van der Waals surface area contributed by atoms with E-state index in [0.29, 0.717) is 18.7 Å². The van der Waals surface area contributed by atoms with E-state index >= 15 is 0 Å². The van der Waals surface area contributed by atoms with Crippen LogP contribution in [0, 0.1) is 0 Å². The van der Waals surface area contributed by atoms with Crippen molar-refractivity contribution in [2.75, 3.05) is 0 Å². The molecule has 4 nitrogen and oxygen atoms in total. The molecule has 0 saturated carbocycles. The number of nitrogens with zero attached hydrogens (tertiary/aromatic N) is 2. The Morgan fingerprint density at radius 1 is 0.720 bits per heavy atom. The molecule has 0 atom stereocenters. The highest BCUT2D eigenvalue weighted by molar-refractivity contribution is 5.84. The first-order chi connectivity index (χ1) is 12.2. The molecule has 3 rings (SSSR count). The Morgan fingerprint density at radius 2 is 1.28 bits per heavy atom. The third-order valence-electron chi connectivity index (χ3n) is 3.82. The van der Waals surface area contributed by atoms with Crippen molar-refractivity contribution in [3.63, 3.8) is 0 Å². The number of hydrogen-bond donors (Lipinski definition) is 2. The molecule has 3 aromatic carbocycles. The number of phenolic OH excluding ortho intramolecular Hbond substituents is 2. The van der Waals surface area contributed by atoms with Gasteiger partial charge in [0.15, 0.2) is 11.5 Å². The summed E-state index contributed by atoms with van der Waals surface area (Å²) in [4.78, 5) is 0. The van der Waals surface area contributed by atoms with E-state index in [4.69, 9.17) is 0 Å². The van der Waals surface area contributed by atoms with Crippen LogP contribution < -0.4 is 0 Å². The van der Waals surface area contributed by atoms with E-state index in [1.807, 2.05) is 41.4 Å². The van der Waals surface area contributed by atoms with Gasteiger partial charge in [-0.3, -0.25) is 5.01 Å². The number of hydrogen-bond acceptors (Lipinski definition) is 4. The molecule has 126 valence electrons. The second kappa shape index (κ2) is 8.02. The highest BCUT2D eigenvalue weighted by Gasteiger charge is 2.06. The number of para-hydroxylation sites is 1. The standard InChI is InChI=1S/C21H20N2O2/c24-20-13-7-12-19(21(20)25)14-22-23(15-17-8-3-1-4-9-17)16-18-10-5-2-6-11-18/h1-14,24-25H,15-16H2/b22-14+. The van der Waals surface area contributed by atoms with Crippen LogP contribution in [0.1, 0.15) is 16.7 Å². The van der Waals surface area contributed by atoms with Gasteiger partial charge in [0.25, 0.3) is 0 Å². The predicted octanol–water partition coefficient (Wildman–Crippen LogP) is 4.13. The number of rotatable bonds is 6. The van der Waals surface area contributed by atoms with Crippen molar-refractivity contribution in [3.05, 3.63) is 95.6 Å². The van der Waals surface area contributed by atoms with Crippen molar-refractivity contribution in [1.82, 2.24) is 5.01 Å². The maximum absolute atomic E-state index is 9.93. The van der Waals surface area contributed by atoms with Crippen molar-refractivity contribution < 1.29 is 10.2 Å². The van der Waals surface area contributed by atoms with Crippen LogP contribution in [0.2, 0.25) is 0 Å². The summed E-state index contributed by atoms with van der Waals surface area (Å²) in [6.07, 6.45) is 1.57. The van der Waals surface area contributed by atoms with Gasteiger partial charge in [0.05, 0.1) is 19.3 Å². The molecular weight excluding hydrogens is 312 g/mol. The zero-order valence-electron chi connectivity index (χ0n) is 13.8. The number of phenols is 2. The average Bonchev–Trinajstić information content (AvgIpc) is 2.64. The van der Waals surface area contributed by atoms with Gasteiger partial charge < -0.3 is 10.2 Å². The molecule has 4 heteroatoms. The lowest BCUT2D eigenvalue weighted by atomic mass is 10.2. The highest BCUT2D eigenvalue weighted by Crippen LogP contribution is 2.26. The second-order valence-corrected chi connectivity index (χ2v) is 5.75. The van der Waals surface area contributed by atoms with E-state index in [0.717, 1.165) is 11.1 Å². The zero-order chi connectivity index (χ0) is 17.5. The minimum absolute atomic E-state index is 0.151. The van der Waals surface area contributed by atoms with E-state index in [-0.39, 0.29) is 11.5 Å². The summed E-state index contributed by atoms with van der Waals surface area (Å²) in [5.41, 5.74) is 2.78. The third-order valence-corrected chi connectivity index (χ3v) is 3.82. The molecule has 0 saturated heterocycles. The van der Waals surface area contributed by atoms with Gasteiger partial charge in [-0.25, -0.2) is 0 Å². The van der Waals surface area contributed by atoms with Gasteiger partial charge in [-0.15, -0.1) is 0 Å². The Labute approximate surface area is 147 Å². The quantitative estimate of drug-likeness (QED) is 0.405. The van der Waals surface area contributed by atoms with Crippen LogP contribution in [-0.2, 0) is 13.1 Å². The van der Waals surface area contributed by atoms with Crippen molar-refractivity contribution in [2.45, 2.75) is 13.1 Å². The first-order valence-electron chi connectivity index (χ1n) is 8.10. The molecule has 3 aromatic rings. The zero-order valence-corrected chi connectivity index (χ0v) is 13.8. The minimum atomic E-state index is -0.161. The molecule has 0 heterocycles. The minimum Gasteiger partial charge on any atom is -0.504 e. The van der Waals surface area contributed by atoms with Crippen LogP contribution in [-0.4, -0.2) is 21.4 Å². The second-order valence-electron chi connectivity index (χ2n) is 5.75. The molecule has 0 aliphatic carbocycles. The van der Waals surface area contributed by atoms with Gasteiger partial charge in [0.1, 0.15) is 0 Å². The van der Waals surface area contributed by atoms with Crippen molar-refractivity contribution >= 4 is 6.21 Å². The van der Waals surface area contributed by atoms with E-state index in [1.165, 1.54) is 6.07 Å². The molecule has 25 heavy (non-hydrogen) atoms. The maximum atomic E-state index is 9.93. The Morgan fingerprint density at radius 3 is 1.84 bits per heavy atom. The lowest BCUT2D eigenvalue weighted by molar-refractivity contribution is 0.272. The number of benzene rings is 3. The molecule has 0 radical (unpaired) electrons. The number of aromatic hydroxyl groups is 2. The Bertz CT molecular complexity index is 792. The van der Waals surface area contributed by atoms with E-state index in [9.17, 15) is 10.2 Å².